The second kappa shape index (κ2) is 2.58. The Balaban J connectivity index is 3.29. The van der Waals surface area contributed by atoms with E-state index in [0.29, 0.717) is 5.02 Å². The van der Waals surface area contributed by atoms with Crippen LogP contribution in [0.25, 0.3) is 0 Å². The highest BCUT2D eigenvalue weighted by Crippen LogP contribution is 2.22. The third-order valence-electron chi connectivity index (χ3n) is 1.64. The summed E-state index contributed by atoms with van der Waals surface area (Å²) in [6.45, 7) is 3.56. The second-order valence-electron chi connectivity index (χ2n) is 2.37. The zero-order chi connectivity index (χ0) is 8.59. The molecule has 0 saturated carbocycles. The van der Waals surface area contributed by atoms with Crippen LogP contribution in [0, 0.1) is 13.8 Å². The lowest BCUT2D eigenvalue weighted by Crippen LogP contribution is -1.96. The van der Waals surface area contributed by atoms with E-state index in [1.807, 2.05) is 0 Å². The number of rotatable bonds is 1. The average molecular weight is 174 g/mol. The van der Waals surface area contributed by atoms with Crippen LogP contribution in [0.5, 0.6) is 0 Å². The van der Waals surface area contributed by atoms with Crippen molar-refractivity contribution in [3.05, 3.63) is 22.0 Å². The van der Waals surface area contributed by atoms with E-state index in [4.69, 9.17) is 16.7 Å². The monoisotopic (exact) mass is 173 g/mol. The van der Waals surface area contributed by atoms with Crippen LogP contribution in [-0.4, -0.2) is 16.1 Å². The van der Waals surface area contributed by atoms with Gasteiger partial charge in [-0.05, 0) is 19.4 Å². The lowest BCUT2D eigenvalue weighted by Gasteiger charge is -1.87. The van der Waals surface area contributed by atoms with Crippen LogP contribution in [0.15, 0.2) is 0 Å². The first-order valence-electron chi connectivity index (χ1n) is 3.12. The van der Waals surface area contributed by atoms with Crippen molar-refractivity contribution in [1.29, 1.82) is 0 Å². The first kappa shape index (κ1) is 8.14. The smallest absolute Gasteiger partial charge is 0.353 e. The van der Waals surface area contributed by atoms with Crippen molar-refractivity contribution in [2.45, 2.75) is 13.8 Å². The third kappa shape index (κ3) is 1.24. The number of aryl methyl sites for hydroxylation is 1. The maximum Gasteiger partial charge on any atom is 0.353 e. The molecule has 0 aliphatic heterocycles. The van der Waals surface area contributed by atoms with Crippen LogP contribution in [-0.2, 0) is 0 Å². The van der Waals surface area contributed by atoms with Crippen LogP contribution < -0.4 is 0 Å². The molecular formula is C7H8ClNO2. The van der Waals surface area contributed by atoms with Gasteiger partial charge in [-0.3, -0.25) is 0 Å². The number of H-pyrrole nitrogens is 1. The number of aromatic nitrogens is 1. The predicted octanol–water partition coefficient (Wildman–Crippen LogP) is 1.98. The Morgan fingerprint density at radius 1 is 1.55 bits per heavy atom. The van der Waals surface area contributed by atoms with Gasteiger partial charge in [0.05, 0.1) is 5.02 Å². The normalized spacial score (nSPS) is 10.1. The molecule has 4 heteroatoms. The van der Waals surface area contributed by atoms with Gasteiger partial charge in [0.15, 0.2) is 0 Å². The Labute approximate surface area is 69.0 Å². The summed E-state index contributed by atoms with van der Waals surface area (Å²) >= 11 is 5.70. The molecule has 0 aliphatic rings. The molecule has 1 aromatic rings. The first-order valence-corrected chi connectivity index (χ1v) is 3.49. The van der Waals surface area contributed by atoms with Gasteiger partial charge in [-0.1, -0.05) is 11.6 Å². The average Bonchev–Trinajstić information content (AvgIpc) is 2.17. The highest BCUT2D eigenvalue weighted by Gasteiger charge is 2.14. The van der Waals surface area contributed by atoms with Gasteiger partial charge in [-0.25, -0.2) is 4.79 Å². The van der Waals surface area contributed by atoms with Gasteiger partial charge in [0, 0.05) is 5.69 Å². The minimum atomic E-state index is -1.02. The molecule has 3 nitrogen and oxygen atoms in total. The minimum Gasteiger partial charge on any atom is -0.477 e. The molecule has 1 rings (SSSR count). The van der Waals surface area contributed by atoms with Crippen molar-refractivity contribution in [3.63, 3.8) is 0 Å². The van der Waals surface area contributed by atoms with Crippen molar-refractivity contribution in [2.24, 2.45) is 0 Å². The van der Waals surface area contributed by atoms with Gasteiger partial charge in [-0.15, -0.1) is 0 Å². The van der Waals surface area contributed by atoms with Gasteiger partial charge in [-0.2, -0.15) is 0 Å². The van der Waals surface area contributed by atoms with E-state index in [9.17, 15) is 4.79 Å². The summed E-state index contributed by atoms with van der Waals surface area (Å²) in [4.78, 5) is 13.2. The molecule has 0 aliphatic carbocycles. The summed E-state index contributed by atoms with van der Waals surface area (Å²) in [5.41, 5.74) is 1.66. The van der Waals surface area contributed by atoms with Gasteiger partial charge in [0.2, 0.25) is 0 Å². The fourth-order valence-electron chi connectivity index (χ4n) is 0.836. The topological polar surface area (TPSA) is 53.1 Å². The zero-order valence-corrected chi connectivity index (χ0v) is 6.99. The maximum absolute atomic E-state index is 10.5. The van der Waals surface area contributed by atoms with E-state index >= 15 is 0 Å². The van der Waals surface area contributed by atoms with Crippen molar-refractivity contribution in [1.82, 2.24) is 4.98 Å². The van der Waals surface area contributed by atoms with E-state index in [1.54, 1.807) is 13.8 Å². The summed E-state index contributed by atoms with van der Waals surface area (Å²) in [5.74, 6) is -1.02. The van der Waals surface area contributed by atoms with E-state index < -0.39 is 5.97 Å². The number of hydrogen-bond acceptors (Lipinski definition) is 1. The fraction of sp³-hybridized carbons (Fsp3) is 0.286. The lowest BCUT2D eigenvalue weighted by molar-refractivity contribution is 0.0691. The molecule has 1 aromatic heterocycles. The van der Waals surface area contributed by atoms with Crippen molar-refractivity contribution in [2.75, 3.05) is 0 Å². The molecule has 0 bridgehead atoms. The van der Waals surface area contributed by atoms with Crippen LogP contribution >= 0.6 is 11.6 Å². The largest absolute Gasteiger partial charge is 0.477 e. The van der Waals surface area contributed by atoms with Gasteiger partial charge < -0.3 is 10.1 Å². The third-order valence-corrected chi connectivity index (χ3v) is 2.11. The number of carbonyl (C=O) groups is 1. The van der Waals surface area contributed by atoms with Crippen LogP contribution in [0.3, 0.4) is 0 Å². The zero-order valence-electron chi connectivity index (χ0n) is 6.23. The molecule has 0 unspecified atom stereocenters. The molecular weight excluding hydrogens is 166 g/mol. The molecule has 11 heavy (non-hydrogen) atoms. The molecule has 2 N–H and O–H groups in total. The van der Waals surface area contributed by atoms with Crippen LogP contribution in [0.2, 0.25) is 5.02 Å². The lowest BCUT2D eigenvalue weighted by atomic mass is 10.3. The van der Waals surface area contributed by atoms with E-state index in [0.717, 1.165) is 11.3 Å². The molecule has 0 atom stereocenters. The molecule has 0 spiro atoms. The van der Waals surface area contributed by atoms with Gasteiger partial charge in [0.25, 0.3) is 0 Å². The quantitative estimate of drug-likeness (QED) is 0.683. The Bertz CT molecular complexity index is 304. The van der Waals surface area contributed by atoms with Crippen molar-refractivity contribution < 1.29 is 9.90 Å². The maximum atomic E-state index is 10.5. The van der Waals surface area contributed by atoms with Crippen molar-refractivity contribution >= 4 is 17.6 Å². The van der Waals surface area contributed by atoms with Gasteiger partial charge in [0.1, 0.15) is 5.69 Å². The molecule has 0 amide bonds. The fourth-order valence-corrected chi connectivity index (χ4v) is 1.11. The molecule has 0 aromatic carbocycles. The molecule has 1 heterocycles. The van der Waals surface area contributed by atoms with Gasteiger partial charge >= 0.3 is 5.97 Å². The summed E-state index contributed by atoms with van der Waals surface area (Å²) in [6.07, 6.45) is 0. The number of carboxylic acids is 1. The standard InChI is InChI=1S/C7H8ClNO2/c1-3-4(2)9-6(5(3)8)7(10)11/h9H,1-2H3,(H,10,11). The van der Waals surface area contributed by atoms with E-state index in [2.05, 4.69) is 4.98 Å². The van der Waals surface area contributed by atoms with E-state index in [1.165, 1.54) is 0 Å². The SMILES string of the molecule is Cc1[nH]c(C(=O)O)c(Cl)c1C. The molecule has 60 valence electrons. The van der Waals surface area contributed by atoms with E-state index in [-0.39, 0.29) is 5.69 Å². The number of aromatic amines is 1. The number of hydrogen-bond donors (Lipinski definition) is 2. The Hall–Kier alpha value is -0.960. The summed E-state index contributed by atoms with van der Waals surface area (Å²) < 4.78 is 0. The number of nitrogens with one attached hydrogen (secondary N) is 1. The number of carboxylic acid groups (broad SMARTS) is 1. The van der Waals surface area contributed by atoms with Crippen molar-refractivity contribution in [3.8, 4) is 0 Å². The minimum absolute atomic E-state index is 0.0710. The first-order chi connectivity index (χ1) is 5.04. The highest BCUT2D eigenvalue weighted by atomic mass is 35.5. The Morgan fingerprint density at radius 3 is 2.27 bits per heavy atom. The number of halogens is 1. The Morgan fingerprint density at radius 2 is 2.09 bits per heavy atom. The predicted molar refractivity (Wildman–Crippen MR) is 42.2 cm³/mol. The Kier molecular flexibility index (Phi) is 1.91. The second-order valence-corrected chi connectivity index (χ2v) is 2.75. The molecule has 0 fully saturated rings. The van der Waals surface area contributed by atoms with Crippen LogP contribution in [0.4, 0.5) is 0 Å². The summed E-state index contributed by atoms with van der Waals surface area (Å²) in [7, 11) is 0. The highest BCUT2D eigenvalue weighted by molar-refractivity contribution is 6.34. The molecule has 0 radical (unpaired) electrons. The summed E-state index contributed by atoms with van der Waals surface area (Å²) in [5, 5.41) is 8.89. The number of aromatic carboxylic acids is 1. The van der Waals surface area contributed by atoms with Crippen LogP contribution in [0.1, 0.15) is 21.7 Å². The summed E-state index contributed by atoms with van der Waals surface area (Å²) in [6, 6.07) is 0. The molecule has 0 saturated heterocycles.